The third-order valence-corrected chi connectivity index (χ3v) is 0.944. The molecule has 0 atom stereocenters. The SMILES string of the molecule is [CH2-][Si](C)(C)C.[Zn+2].[c-]1ccsc1. The van der Waals surface area contributed by atoms with Gasteiger partial charge < -0.3 is 6.55 Å². The van der Waals surface area contributed by atoms with Crippen LogP contribution in [-0.2, 0) is 19.5 Å². The van der Waals surface area contributed by atoms with E-state index in [4.69, 9.17) is 0 Å². The topological polar surface area (TPSA) is 0 Å². The summed E-state index contributed by atoms with van der Waals surface area (Å²) >= 11 is 1.66. The largest absolute Gasteiger partial charge is 2.00 e. The van der Waals surface area contributed by atoms with Gasteiger partial charge in [-0.3, -0.25) is 11.3 Å². The first-order valence-electron chi connectivity index (χ1n) is 3.24. The summed E-state index contributed by atoms with van der Waals surface area (Å²) in [4.78, 5) is 0. The third-order valence-electron chi connectivity index (χ3n) is 0.379. The molecule has 3 heteroatoms. The quantitative estimate of drug-likeness (QED) is 0.479. The van der Waals surface area contributed by atoms with Gasteiger partial charge >= 0.3 is 19.5 Å². The minimum absolute atomic E-state index is 0. The van der Waals surface area contributed by atoms with Crippen LogP contribution in [0.3, 0.4) is 0 Å². The molecule has 1 heterocycles. The zero-order valence-corrected chi connectivity index (χ0v) is 12.3. The van der Waals surface area contributed by atoms with E-state index in [0.717, 1.165) is 0 Å². The zero-order chi connectivity index (χ0) is 8.04. The van der Waals surface area contributed by atoms with E-state index >= 15 is 0 Å². The van der Waals surface area contributed by atoms with Gasteiger partial charge in [-0.1, -0.05) is 19.6 Å². The van der Waals surface area contributed by atoms with Crippen LogP contribution >= 0.6 is 11.3 Å². The van der Waals surface area contributed by atoms with Crippen LogP contribution in [0.15, 0.2) is 16.8 Å². The molecule has 0 fully saturated rings. The fourth-order valence-electron chi connectivity index (χ4n) is 0.196. The van der Waals surface area contributed by atoms with Gasteiger partial charge in [-0.15, -0.1) is 13.5 Å². The molecule has 0 N–H and O–H groups in total. The first-order valence-corrected chi connectivity index (χ1v) is 7.89. The number of thiophene rings is 1. The second kappa shape index (κ2) is 7.20. The molecule has 0 aliphatic carbocycles. The molecular weight excluding hydrogens is 222 g/mol. The Kier molecular flexibility index (Phi) is 9.22. The van der Waals surface area contributed by atoms with Gasteiger partial charge in [0.2, 0.25) is 0 Å². The van der Waals surface area contributed by atoms with Gasteiger partial charge in [0.25, 0.3) is 0 Å². The zero-order valence-electron chi connectivity index (χ0n) is 7.55. The van der Waals surface area contributed by atoms with Crippen LogP contribution in [0.25, 0.3) is 0 Å². The minimum atomic E-state index is -0.861. The molecule has 0 saturated heterocycles. The fraction of sp³-hybridized carbons (Fsp3) is 0.375. The maximum Gasteiger partial charge on any atom is 2.00 e. The van der Waals surface area contributed by atoms with Crippen molar-refractivity contribution in [2.45, 2.75) is 19.6 Å². The second-order valence-corrected chi connectivity index (χ2v) is 9.19. The molecule has 0 aromatic carbocycles. The maximum absolute atomic E-state index is 3.91. The normalized spacial score (nSPS) is 9.09. The van der Waals surface area contributed by atoms with Crippen LogP contribution in [0.2, 0.25) is 19.6 Å². The molecule has 0 saturated carbocycles. The van der Waals surface area contributed by atoms with E-state index in [0.29, 0.717) is 0 Å². The molecule has 0 unspecified atom stereocenters. The molecule has 0 aliphatic rings. The molecule has 0 bridgehead atoms. The van der Waals surface area contributed by atoms with E-state index in [1.54, 1.807) is 11.3 Å². The standard InChI is InChI=1S/C4H3S.C4H11Si.Zn/c1-2-4-5-3-1;1-5(2,3)4;/h1,3-4H;1H2,2-4H3;/q2*-1;+2. The van der Waals surface area contributed by atoms with Crippen LogP contribution < -0.4 is 0 Å². The average Bonchev–Trinajstić information content (AvgIpc) is 2.07. The van der Waals surface area contributed by atoms with Crippen molar-refractivity contribution in [3.63, 3.8) is 0 Å². The first-order chi connectivity index (χ1) is 4.50. The van der Waals surface area contributed by atoms with Crippen LogP contribution in [0.4, 0.5) is 0 Å². The van der Waals surface area contributed by atoms with Crippen molar-refractivity contribution in [2.24, 2.45) is 0 Å². The Hall–Kier alpha value is 0.540. The van der Waals surface area contributed by atoms with Crippen LogP contribution in [0.1, 0.15) is 0 Å². The summed E-state index contributed by atoms with van der Waals surface area (Å²) in [5.41, 5.74) is 0. The van der Waals surface area contributed by atoms with Gasteiger partial charge in [0.1, 0.15) is 0 Å². The summed E-state index contributed by atoms with van der Waals surface area (Å²) in [6.45, 7) is 10.6. The van der Waals surface area contributed by atoms with Crippen molar-refractivity contribution in [3.05, 3.63) is 29.4 Å². The van der Waals surface area contributed by atoms with Crippen molar-refractivity contribution in [2.75, 3.05) is 0 Å². The molecule has 1 aromatic rings. The Labute approximate surface area is 87.8 Å². The van der Waals surface area contributed by atoms with Crippen molar-refractivity contribution in [1.82, 2.24) is 0 Å². The van der Waals surface area contributed by atoms with E-state index in [-0.39, 0.29) is 19.5 Å². The van der Waals surface area contributed by atoms with Crippen LogP contribution in [-0.4, -0.2) is 8.07 Å². The Morgan fingerprint density at radius 2 is 1.82 bits per heavy atom. The molecule has 0 nitrogen and oxygen atoms in total. The molecule has 0 amide bonds. The Balaban J connectivity index is 0. The average molecular weight is 236 g/mol. The van der Waals surface area contributed by atoms with Gasteiger partial charge in [-0.05, 0) is 0 Å². The fourth-order valence-corrected chi connectivity index (χ4v) is 0.589. The van der Waals surface area contributed by atoms with E-state index in [1.807, 2.05) is 16.8 Å². The smallest absolute Gasteiger partial charge is 0.342 e. The van der Waals surface area contributed by atoms with E-state index in [1.165, 1.54) is 0 Å². The summed E-state index contributed by atoms with van der Waals surface area (Å²) in [6, 6.07) is 4.77. The van der Waals surface area contributed by atoms with Crippen molar-refractivity contribution < 1.29 is 19.5 Å². The van der Waals surface area contributed by atoms with Gasteiger partial charge in [0.15, 0.2) is 0 Å². The van der Waals surface area contributed by atoms with Crippen molar-refractivity contribution in [1.29, 1.82) is 0 Å². The molecule has 1 aromatic heterocycles. The number of hydrogen-bond donors (Lipinski definition) is 0. The van der Waals surface area contributed by atoms with Crippen LogP contribution in [0.5, 0.6) is 0 Å². The van der Waals surface area contributed by atoms with Crippen molar-refractivity contribution in [3.8, 4) is 0 Å². The Bertz CT molecular complexity index is 120. The van der Waals surface area contributed by atoms with Gasteiger partial charge in [-0.25, -0.2) is 12.1 Å². The number of rotatable bonds is 0. The summed E-state index contributed by atoms with van der Waals surface area (Å²) in [5, 5.41) is 3.90. The summed E-state index contributed by atoms with van der Waals surface area (Å²) in [7, 11) is -0.861. The summed E-state index contributed by atoms with van der Waals surface area (Å²) < 4.78 is 0. The predicted molar refractivity (Wildman–Crippen MR) is 51.9 cm³/mol. The molecule has 0 spiro atoms. The molecular formula is C8H14SSiZn. The third kappa shape index (κ3) is 25.0. The Morgan fingerprint density at radius 1 is 1.36 bits per heavy atom. The van der Waals surface area contributed by atoms with Crippen molar-refractivity contribution >= 4 is 19.4 Å². The van der Waals surface area contributed by atoms with E-state index < -0.39 is 8.07 Å². The molecule has 0 aliphatic heterocycles. The summed E-state index contributed by atoms with van der Waals surface area (Å²) in [6.07, 6.45) is 0. The Morgan fingerprint density at radius 3 is 1.91 bits per heavy atom. The second-order valence-electron chi connectivity index (χ2n) is 3.28. The van der Waals surface area contributed by atoms with E-state index in [2.05, 4.69) is 32.3 Å². The molecule has 0 radical (unpaired) electrons. The van der Waals surface area contributed by atoms with Gasteiger partial charge in [-0.2, -0.15) is 5.38 Å². The first kappa shape index (κ1) is 14.1. The molecule has 58 valence electrons. The van der Waals surface area contributed by atoms with Gasteiger partial charge in [0, 0.05) is 0 Å². The monoisotopic (exact) mass is 234 g/mol. The molecule has 11 heavy (non-hydrogen) atoms. The minimum Gasteiger partial charge on any atom is -0.342 e. The van der Waals surface area contributed by atoms with Gasteiger partial charge in [0.05, 0.1) is 0 Å². The maximum atomic E-state index is 3.91. The van der Waals surface area contributed by atoms with E-state index in [9.17, 15) is 0 Å². The summed E-state index contributed by atoms with van der Waals surface area (Å²) in [5.74, 6) is 0. The number of hydrogen-bond acceptors (Lipinski definition) is 1. The predicted octanol–water partition coefficient (Wildman–Crippen LogP) is 3.24. The van der Waals surface area contributed by atoms with Crippen LogP contribution in [0, 0.1) is 12.6 Å². The molecule has 1 rings (SSSR count).